The summed E-state index contributed by atoms with van der Waals surface area (Å²) in [5.74, 6) is 0.476. The molecule has 1 aliphatic carbocycles. The van der Waals surface area contributed by atoms with Crippen LogP contribution in [0.2, 0.25) is 0 Å². The van der Waals surface area contributed by atoms with E-state index >= 15 is 0 Å². The van der Waals surface area contributed by atoms with E-state index in [4.69, 9.17) is 4.98 Å². The van der Waals surface area contributed by atoms with Crippen LogP contribution in [0.4, 0.5) is 10.7 Å². The highest BCUT2D eigenvalue weighted by atomic mass is 32.1. The normalized spacial score (nSPS) is 13.3. The molecule has 5 rings (SSSR count). The molecule has 0 unspecified atom stereocenters. The van der Waals surface area contributed by atoms with Gasteiger partial charge in [-0.1, -0.05) is 12.1 Å². The fourth-order valence-electron chi connectivity index (χ4n) is 4.38. The monoisotopic (exact) mass is 450 g/mol. The van der Waals surface area contributed by atoms with Crippen molar-refractivity contribution in [2.24, 2.45) is 0 Å². The van der Waals surface area contributed by atoms with Gasteiger partial charge in [-0.15, -0.1) is 11.3 Å². The Morgan fingerprint density at radius 1 is 1.28 bits per heavy atom. The number of para-hydroxylation sites is 2. The van der Waals surface area contributed by atoms with Crippen LogP contribution in [0.5, 0.6) is 0 Å². The van der Waals surface area contributed by atoms with Gasteiger partial charge in [0.25, 0.3) is 0 Å². The molecule has 0 atom stereocenters. The number of benzene rings is 1. The van der Waals surface area contributed by atoms with Gasteiger partial charge < -0.3 is 10.3 Å². The predicted molar refractivity (Wildman–Crippen MR) is 123 cm³/mol. The van der Waals surface area contributed by atoms with E-state index in [0.29, 0.717) is 11.4 Å². The van der Waals surface area contributed by atoms with Crippen LogP contribution in [0.15, 0.2) is 24.3 Å². The first-order valence-electron chi connectivity index (χ1n) is 10.5. The highest BCUT2D eigenvalue weighted by Gasteiger charge is 2.26. The van der Waals surface area contributed by atoms with Crippen molar-refractivity contribution in [1.29, 1.82) is 0 Å². The van der Waals surface area contributed by atoms with Crippen molar-refractivity contribution < 1.29 is 9.72 Å². The molecule has 1 aliphatic rings. The molecule has 10 heteroatoms. The Morgan fingerprint density at radius 3 is 2.81 bits per heavy atom. The summed E-state index contributed by atoms with van der Waals surface area (Å²) in [7, 11) is 0. The lowest BCUT2D eigenvalue weighted by molar-refractivity contribution is -0.386. The van der Waals surface area contributed by atoms with Crippen LogP contribution in [0, 0.1) is 24.0 Å². The lowest BCUT2D eigenvalue weighted by Gasteiger charge is -2.12. The van der Waals surface area contributed by atoms with Gasteiger partial charge in [-0.3, -0.25) is 19.6 Å². The second-order valence-electron chi connectivity index (χ2n) is 8.00. The number of carbonyl (C=O) groups is 1. The molecule has 1 amide bonds. The van der Waals surface area contributed by atoms with E-state index in [0.717, 1.165) is 53.1 Å². The number of aromatic amines is 1. The number of aryl methyl sites for hydroxylation is 2. The van der Waals surface area contributed by atoms with Crippen molar-refractivity contribution in [2.75, 3.05) is 5.32 Å². The first kappa shape index (κ1) is 20.4. The van der Waals surface area contributed by atoms with E-state index in [1.54, 1.807) is 25.2 Å². The second kappa shape index (κ2) is 7.86. The Morgan fingerprint density at radius 2 is 2.06 bits per heavy atom. The van der Waals surface area contributed by atoms with Crippen LogP contribution in [-0.2, 0) is 24.2 Å². The fraction of sp³-hybridized carbons (Fsp3) is 0.318. The van der Waals surface area contributed by atoms with Crippen molar-refractivity contribution in [3.8, 4) is 11.4 Å². The zero-order valence-corrected chi connectivity index (χ0v) is 18.6. The zero-order valence-electron chi connectivity index (χ0n) is 17.8. The molecule has 32 heavy (non-hydrogen) atoms. The maximum absolute atomic E-state index is 12.9. The molecule has 2 N–H and O–H groups in total. The number of anilines is 1. The van der Waals surface area contributed by atoms with Gasteiger partial charge in [0.2, 0.25) is 5.91 Å². The van der Waals surface area contributed by atoms with Gasteiger partial charge in [0.1, 0.15) is 28.8 Å². The third-order valence-electron chi connectivity index (χ3n) is 5.87. The van der Waals surface area contributed by atoms with E-state index in [2.05, 4.69) is 15.4 Å². The predicted octanol–water partition coefficient (Wildman–Crippen LogP) is 4.53. The Balaban J connectivity index is 1.49. The molecule has 0 radical (unpaired) electrons. The summed E-state index contributed by atoms with van der Waals surface area (Å²) in [5.41, 5.74) is 4.65. The molecular formula is C22H22N6O3S. The third kappa shape index (κ3) is 3.46. The van der Waals surface area contributed by atoms with Crippen LogP contribution < -0.4 is 5.32 Å². The van der Waals surface area contributed by atoms with Crippen molar-refractivity contribution in [1.82, 2.24) is 19.7 Å². The lowest BCUT2D eigenvalue weighted by atomic mass is 9.95. The number of nitro groups is 1. The number of imidazole rings is 1. The SMILES string of the molecule is Cc1nn(CC(=O)Nc2sc3c(c2-c2nc4ccccc4[nH]2)CCCC3)c(C)c1[N+](=O)[O-]. The summed E-state index contributed by atoms with van der Waals surface area (Å²) < 4.78 is 1.39. The van der Waals surface area contributed by atoms with E-state index in [9.17, 15) is 14.9 Å². The smallest absolute Gasteiger partial charge is 0.312 e. The Bertz CT molecular complexity index is 1330. The molecule has 0 saturated heterocycles. The minimum absolute atomic E-state index is 0.0487. The van der Waals surface area contributed by atoms with Crippen LogP contribution >= 0.6 is 11.3 Å². The molecule has 0 bridgehead atoms. The van der Waals surface area contributed by atoms with E-state index in [1.807, 2.05) is 24.3 Å². The summed E-state index contributed by atoms with van der Waals surface area (Å²) in [6.07, 6.45) is 4.19. The number of fused-ring (bicyclic) bond motifs is 2. The molecule has 1 aromatic carbocycles. The van der Waals surface area contributed by atoms with Gasteiger partial charge >= 0.3 is 5.69 Å². The maximum atomic E-state index is 12.9. The maximum Gasteiger partial charge on any atom is 0.312 e. The zero-order chi connectivity index (χ0) is 22.4. The van der Waals surface area contributed by atoms with Crippen molar-refractivity contribution >= 4 is 39.0 Å². The Labute approximate surface area is 187 Å². The third-order valence-corrected chi connectivity index (χ3v) is 7.08. The minimum Gasteiger partial charge on any atom is -0.338 e. The number of hydrogen-bond acceptors (Lipinski definition) is 6. The molecule has 0 aliphatic heterocycles. The van der Waals surface area contributed by atoms with Crippen molar-refractivity contribution in [3.63, 3.8) is 0 Å². The van der Waals surface area contributed by atoms with Crippen molar-refractivity contribution in [3.05, 3.63) is 56.2 Å². The number of nitrogens with zero attached hydrogens (tertiary/aromatic N) is 4. The van der Waals surface area contributed by atoms with Gasteiger partial charge in [0.15, 0.2) is 0 Å². The second-order valence-corrected chi connectivity index (χ2v) is 9.11. The summed E-state index contributed by atoms with van der Waals surface area (Å²) in [4.78, 5) is 33.2. The fourth-order valence-corrected chi connectivity index (χ4v) is 5.69. The van der Waals surface area contributed by atoms with E-state index in [-0.39, 0.29) is 18.1 Å². The van der Waals surface area contributed by atoms with E-state index < -0.39 is 4.92 Å². The topological polar surface area (TPSA) is 119 Å². The quantitative estimate of drug-likeness (QED) is 0.342. The van der Waals surface area contributed by atoms with Crippen molar-refractivity contribution in [2.45, 2.75) is 46.1 Å². The summed E-state index contributed by atoms with van der Waals surface area (Å²) >= 11 is 1.59. The number of rotatable bonds is 5. The summed E-state index contributed by atoms with van der Waals surface area (Å²) in [6.45, 7) is 3.09. The van der Waals surface area contributed by atoms with Crippen LogP contribution in [0.25, 0.3) is 22.4 Å². The van der Waals surface area contributed by atoms with Gasteiger partial charge in [-0.2, -0.15) is 5.10 Å². The number of H-pyrrole nitrogens is 1. The molecule has 3 aromatic heterocycles. The number of thiophene rings is 1. The highest BCUT2D eigenvalue weighted by molar-refractivity contribution is 7.17. The van der Waals surface area contributed by atoms with Crippen LogP contribution in [-0.4, -0.2) is 30.6 Å². The van der Waals surface area contributed by atoms with Gasteiger partial charge in [0, 0.05) is 4.88 Å². The van der Waals surface area contributed by atoms with Gasteiger partial charge in [0.05, 0.1) is 21.5 Å². The molecule has 0 spiro atoms. The van der Waals surface area contributed by atoms with Gasteiger partial charge in [-0.05, 0) is 57.2 Å². The number of nitrogens with one attached hydrogen (secondary N) is 2. The molecule has 4 aromatic rings. The van der Waals surface area contributed by atoms with E-state index in [1.165, 1.54) is 15.1 Å². The average Bonchev–Trinajstić information content (AvgIpc) is 3.40. The molecule has 0 fully saturated rings. The average molecular weight is 451 g/mol. The highest BCUT2D eigenvalue weighted by Crippen LogP contribution is 2.43. The summed E-state index contributed by atoms with van der Waals surface area (Å²) in [5, 5.41) is 19.2. The largest absolute Gasteiger partial charge is 0.338 e. The Hall–Kier alpha value is -3.53. The number of aromatic nitrogens is 4. The molecule has 0 saturated carbocycles. The molecule has 3 heterocycles. The lowest BCUT2D eigenvalue weighted by Crippen LogP contribution is -2.20. The minimum atomic E-state index is -0.459. The summed E-state index contributed by atoms with van der Waals surface area (Å²) in [6, 6.07) is 7.86. The standard InChI is InChI=1S/C22H22N6O3S/c1-12-20(28(30)31)13(2)27(26-12)11-18(29)25-22-19(14-7-3-6-10-17(14)32-22)21-23-15-8-4-5-9-16(15)24-21/h4-5,8-9H,3,6-7,10-11H2,1-2H3,(H,23,24)(H,25,29). The number of carbonyl (C=O) groups excluding carboxylic acids is 1. The Kier molecular flexibility index (Phi) is 5.01. The number of hydrogen-bond donors (Lipinski definition) is 2. The van der Waals surface area contributed by atoms with Crippen LogP contribution in [0.3, 0.4) is 0 Å². The van der Waals surface area contributed by atoms with Gasteiger partial charge in [-0.25, -0.2) is 4.98 Å². The van der Waals surface area contributed by atoms with Crippen LogP contribution in [0.1, 0.15) is 34.7 Å². The molecule has 9 nitrogen and oxygen atoms in total. The first-order chi connectivity index (χ1) is 15.4. The molecule has 164 valence electrons. The number of amides is 1. The first-order valence-corrected chi connectivity index (χ1v) is 11.3. The molecular weight excluding hydrogens is 428 g/mol.